The van der Waals surface area contributed by atoms with E-state index < -0.39 is 6.10 Å². The first-order chi connectivity index (χ1) is 11.6. The van der Waals surface area contributed by atoms with E-state index in [1.807, 2.05) is 30.3 Å². The molecule has 1 fully saturated rings. The molecule has 1 aromatic carbocycles. The number of carbonyl (C=O) groups excluding carboxylic acids is 1. The number of Topliss-reactive ketones (excluding diaryl/α,β-unsaturated/α-hetero) is 1. The fourth-order valence-corrected chi connectivity index (χ4v) is 3.99. The molecule has 1 N–H and O–H groups in total. The molecule has 1 aliphatic heterocycles. The summed E-state index contributed by atoms with van der Waals surface area (Å²) in [4.78, 5) is 15.0. The number of hydrogen-bond acceptors (Lipinski definition) is 3. The average molecular weight is 332 g/mol. The molecule has 0 bridgehead atoms. The van der Waals surface area contributed by atoms with Crippen LogP contribution in [0.1, 0.15) is 70.5 Å². The van der Waals surface area contributed by atoms with Crippen LogP contribution in [0.2, 0.25) is 0 Å². The lowest BCUT2D eigenvalue weighted by atomic mass is 9.70. The average Bonchev–Trinajstić information content (AvgIpc) is 2.62. The van der Waals surface area contributed by atoms with Gasteiger partial charge in [0.15, 0.2) is 0 Å². The zero-order valence-corrected chi connectivity index (χ0v) is 15.3. The molecule has 1 heterocycles. The Hall–Kier alpha value is -1.19. The molecule has 1 atom stereocenters. The van der Waals surface area contributed by atoms with Crippen molar-refractivity contribution in [1.29, 1.82) is 0 Å². The van der Waals surface area contributed by atoms with Crippen LogP contribution < -0.4 is 0 Å². The number of carbonyl (C=O) groups is 1. The van der Waals surface area contributed by atoms with E-state index in [0.29, 0.717) is 5.78 Å². The van der Waals surface area contributed by atoms with Crippen LogP contribution in [0.15, 0.2) is 30.3 Å². The van der Waals surface area contributed by atoms with Gasteiger partial charge in [0.25, 0.3) is 0 Å². The van der Waals surface area contributed by atoms with Crippen LogP contribution in [0.3, 0.4) is 0 Å². The highest BCUT2D eigenvalue weighted by Gasteiger charge is 2.39. The molecule has 0 saturated carbocycles. The minimum atomic E-state index is -0.393. The summed E-state index contributed by atoms with van der Waals surface area (Å²) in [5.74, 6) is 0.482. The molecule has 0 spiro atoms. The Morgan fingerprint density at radius 2 is 1.83 bits per heavy atom. The fraction of sp³-hybridized carbons (Fsp3) is 0.667. The van der Waals surface area contributed by atoms with Crippen LogP contribution >= 0.6 is 0 Å². The van der Waals surface area contributed by atoms with E-state index in [4.69, 9.17) is 0 Å². The lowest BCUT2D eigenvalue weighted by molar-refractivity contribution is -0.132. The number of likely N-dealkylation sites (tertiary alicyclic amines) is 1. The van der Waals surface area contributed by atoms with Gasteiger partial charge in [-0.1, -0.05) is 50.6 Å². The Balaban J connectivity index is 1.84. The smallest absolute Gasteiger partial charge is 0.139 e. The standard InChI is InChI=1S/C21H33NO2/c1-3-8-20(24)21(12-4-2)13-16-22(17-14-21)15-11-19(23)18-9-6-5-7-10-18/h5-7,9-10,19,23H,3-4,8,11-17H2,1-2H3. The van der Waals surface area contributed by atoms with Gasteiger partial charge in [0.1, 0.15) is 5.78 Å². The van der Waals surface area contributed by atoms with Crippen LogP contribution in [0.4, 0.5) is 0 Å². The molecular weight excluding hydrogens is 298 g/mol. The van der Waals surface area contributed by atoms with Crippen LogP contribution in [0, 0.1) is 5.41 Å². The summed E-state index contributed by atoms with van der Waals surface area (Å²) in [6.07, 6.45) is 6.14. The van der Waals surface area contributed by atoms with Crippen molar-refractivity contribution in [3.8, 4) is 0 Å². The van der Waals surface area contributed by atoms with Crippen molar-refractivity contribution in [1.82, 2.24) is 4.90 Å². The summed E-state index contributed by atoms with van der Waals surface area (Å²) in [7, 11) is 0. The number of aliphatic hydroxyl groups excluding tert-OH is 1. The predicted octanol–water partition coefficient (Wildman–Crippen LogP) is 4.36. The number of aliphatic hydroxyl groups is 1. The number of nitrogens with zero attached hydrogens (tertiary/aromatic N) is 1. The highest BCUT2D eigenvalue weighted by molar-refractivity contribution is 5.84. The second-order valence-corrected chi connectivity index (χ2v) is 7.26. The molecular formula is C21H33NO2. The van der Waals surface area contributed by atoms with Crippen LogP contribution in [-0.2, 0) is 4.79 Å². The Bertz CT molecular complexity index is 492. The Kier molecular flexibility index (Phi) is 7.44. The van der Waals surface area contributed by atoms with Crippen LogP contribution in [0.5, 0.6) is 0 Å². The normalized spacial score (nSPS) is 19.1. The molecule has 1 aliphatic rings. The maximum Gasteiger partial charge on any atom is 0.139 e. The topological polar surface area (TPSA) is 40.5 Å². The van der Waals surface area contributed by atoms with Gasteiger partial charge in [0.2, 0.25) is 0 Å². The molecule has 134 valence electrons. The maximum atomic E-state index is 12.6. The van der Waals surface area contributed by atoms with Crippen molar-refractivity contribution in [3.05, 3.63) is 35.9 Å². The monoisotopic (exact) mass is 331 g/mol. The highest BCUT2D eigenvalue weighted by atomic mass is 16.3. The van der Waals surface area contributed by atoms with Crippen LogP contribution in [0.25, 0.3) is 0 Å². The molecule has 0 aliphatic carbocycles. The van der Waals surface area contributed by atoms with Gasteiger partial charge in [-0.25, -0.2) is 0 Å². The van der Waals surface area contributed by atoms with Gasteiger partial charge in [-0.2, -0.15) is 0 Å². The first-order valence-corrected chi connectivity index (χ1v) is 9.60. The van der Waals surface area contributed by atoms with Gasteiger partial charge in [-0.05, 0) is 50.8 Å². The second-order valence-electron chi connectivity index (χ2n) is 7.26. The van der Waals surface area contributed by atoms with Crippen molar-refractivity contribution < 1.29 is 9.90 Å². The third-order valence-corrected chi connectivity index (χ3v) is 5.51. The summed E-state index contributed by atoms with van der Waals surface area (Å²) in [5.41, 5.74) is 0.923. The summed E-state index contributed by atoms with van der Waals surface area (Å²) in [6.45, 7) is 7.15. The molecule has 0 radical (unpaired) electrons. The number of benzene rings is 1. The molecule has 2 rings (SSSR count). The third kappa shape index (κ3) is 4.90. The number of ketones is 1. The minimum absolute atomic E-state index is 0.0701. The Labute approximate surface area is 147 Å². The van der Waals surface area contributed by atoms with Crippen molar-refractivity contribution >= 4 is 5.78 Å². The van der Waals surface area contributed by atoms with Crippen molar-refractivity contribution in [2.45, 2.75) is 64.9 Å². The zero-order valence-electron chi connectivity index (χ0n) is 15.3. The van der Waals surface area contributed by atoms with Crippen molar-refractivity contribution in [3.63, 3.8) is 0 Å². The van der Waals surface area contributed by atoms with E-state index in [2.05, 4.69) is 18.7 Å². The van der Waals surface area contributed by atoms with Gasteiger partial charge in [-0.3, -0.25) is 4.79 Å². The molecule has 3 nitrogen and oxygen atoms in total. The van der Waals surface area contributed by atoms with Crippen molar-refractivity contribution in [2.24, 2.45) is 5.41 Å². The lowest BCUT2D eigenvalue weighted by Gasteiger charge is -2.41. The van der Waals surface area contributed by atoms with E-state index in [-0.39, 0.29) is 5.41 Å². The molecule has 1 saturated heterocycles. The van der Waals surface area contributed by atoms with E-state index in [1.165, 1.54) is 0 Å². The maximum absolute atomic E-state index is 12.6. The number of piperidine rings is 1. The summed E-state index contributed by atoms with van der Waals surface area (Å²) >= 11 is 0. The summed E-state index contributed by atoms with van der Waals surface area (Å²) in [6, 6.07) is 9.88. The number of rotatable bonds is 9. The van der Waals surface area contributed by atoms with Gasteiger partial charge in [0.05, 0.1) is 6.10 Å². The Morgan fingerprint density at radius 1 is 1.17 bits per heavy atom. The molecule has 0 aromatic heterocycles. The molecule has 3 heteroatoms. The van der Waals surface area contributed by atoms with Gasteiger partial charge in [-0.15, -0.1) is 0 Å². The summed E-state index contributed by atoms with van der Waals surface area (Å²) < 4.78 is 0. The van der Waals surface area contributed by atoms with E-state index in [0.717, 1.165) is 70.1 Å². The van der Waals surface area contributed by atoms with Gasteiger partial charge < -0.3 is 10.0 Å². The highest BCUT2D eigenvalue weighted by Crippen LogP contribution is 2.38. The first kappa shape index (κ1) is 19.1. The fourth-order valence-electron chi connectivity index (χ4n) is 3.99. The van der Waals surface area contributed by atoms with Gasteiger partial charge in [0, 0.05) is 18.4 Å². The molecule has 1 unspecified atom stereocenters. The lowest BCUT2D eigenvalue weighted by Crippen LogP contribution is -2.44. The first-order valence-electron chi connectivity index (χ1n) is 9.60. The quantitative estimate of drug-likeness (QED) is 0.731. The summed E-state index contributed by atoms with van der Waals surface area (Å²) in [5, 5.41) is 10.3. The minimum Gasteiger partial charge on any atom is -0.388 e. The van der Waals surface area contributed by atoms with E-state index in [1.54, 1.807) is 0 Å². The Morgan fingerprint density at radius 3 is 2.42 bits per heavy atom. The largest absolute Gasteiger partial charge is 0.388 e. The molecule has 1 aromatic rings. The predicted molar refractivity (Wildman–Crippen MR) is 98.9 cm³/mol. The second kappa shape index (κ2) is 9.33. The molecule has 0 amide bonds. The van der Waals surface area contributed by atoms with Crippen molar-refractivity contribution in [2.75, 3.05) is 19.6 Å². The van der Waals surface area contributed by atoms with E-state index >= 15 is 0 Å². The van der Waals surface area contributed by atoms with Crippen LogP contribution in [-0.4, -0.2) is 35.4 Å². The molecule has 24 heavy (non-hydrogen) atoms. The SMILES string of the molecule is CCCC(=O)C1(CCC)CCN(CCC(O)c2ccccc2)CC1. The number of hydrogen-bond donors (Lipinski definition) is 1. The van der Waals surface area contributed by atoms with E-state index in [9.17, 15) is 9.90 Å². The zero-order chi connectivity index (χ0) is 17.4. The third-order valence-electron chi connectivity index (χ3n) is 5.51. The van der Waals surface area contributed by atoms with Gasteiger partial charge >= 0.3 is 0 Å².